The average Bonchev–Trinajstić information content (AvgIpc) is 2.29. The third kappa shape index (κ3) is 3.21. The standard InChI is InChI=1S/C10H12BrF2NO2/c11-8-1-2-9(12)7(10(8)13)3-14-6(4-15)5-16/h1-2,6,14-16H,3-5H2. The molecule has 0 bridgehead atoms. The molecule has 0 radical (unpaired) electrons. The van der Waals surface area contributed by atoms with Crippen molar-refractivity contribution < 1.29 is 19.0 Å². The van der Waals surface area contributed by atoms with Crippen molar-refractivity contribution in [3.05, 3.63) is 33.8 Å². The topological polar surface area (TPSA) is 52.5 Å². The lowest BCUT2D eigenvalue weighted by molar-refractivity contribution is 0.169. The largest absolute Gasteiger partial charge is 0.395 e. The number of rotatable bonds is 5. The normalized spacial score (nSPS) is 11.1. The van der Waals surface area contributed by atoms with Crippen LogP contribution in [0, 0.1) is 11.6 Å². The van der Waals surface area contributed by atoms with E-state index in [1.165, 1.54) is 6.07 Å². The molecule has 0 unspecified atom stereocenters. The van der Waals surface area contributed by atoms with Crippen LogP contribution in [0.5, 0.6) is 0 Å². The molecule has 0 aliphatic heterocycles. The van der Waals surface area contributed by atoms with Crippen LogP contribution in [-0.4, -0.2) is 29.5 Å². The van der Waals surface area contributed by atoms with E-state index >= 15 is 0 Å². The van der Waals surface area contributed by atoms with Gasteiger partial charge in [-0.25, -0.2) is 8.78 Å². The first-order valence-corrected chi connectivity index (χ1v) is 5.47. The monoisotopic (exact) mass is 295 g/mol. The molecule has 0 aliphatic carbocycles. The Morgan fingerprint density at radius 3 is 2.44 bits per heavy atom. The van der Waals surface area contributed by atoms with Crippen molar-refractivity contribution in [3.8, 4) is 0 Å². The summed E-state index contributed by atoms with van der Waals surface area (Å²) >= 11 is 2.95. The lowest BCUT2D eigenvalue weighted by Crippen LogP contribution is -2.35. The van der Waals surface area contributed by atoms with Gasteiger partial charge in [0.15, 0.2) is 0 Å². The molecule has 0 fully saturated rings. The molecule has 0 saturated heterocycles. The van der Waals surface area contributed by atoms with Gasteiger partial charge < -0.3 is 15.5 Å². The molecule has 6 heteroatoms. The Kier molecular flexibility index (Phi) is 5.27. The lowest BCUT2D eigenvalue weighted by Gasteiger charge is -2.14. The summed E-state index contributed by atoms with van der Waals surface area (Å²) < 4.78 is 26.9. The summed E-state index contributed by atoms with van der Waals surface area (Å²) in [5.41, 5.74) is -0.124. The average molecular weight is 296 g/mol. The summed E-state index contributed by atoms with van der Waals surface area (Å²) in [6.07, 6.45) is 0. The van der Waals surface area contributed by atoms with Crippen molar-refractivity contribution in [1.29, 1.82) is 0 Å². The maximum Gasteiger partial charge on any atom is 0.144 e. The first-order valence-electron chi connectivity index (χ1n) is 4.67. The van der Waals surface area contributed by atoms with Gasteiger partial charge in [0.2, 0.25) is 0 Å². The van der Waals surface area contributed by atoms with E-state index in [2.05, 4.69) is 21.2 Å². The highest BCUT2D eigenvalue weighted by atomic mass is 79.9. The van der Waals surface area contributed by atoms with Crippen molar-refractivity contribution in [2.45, 2.75) is 12.6 Å². The first-order chi connectivity index (χ1) is 7.60. The highest BCUT2D eigenvalue weighted by Gasteiger charge is 2.13. The van der Waals surface area contributed by atoms with Gasteiger partial charge in [-0.3, -0.25) is 0 Å². The Hall–Kier alpha value is -0.560. The molecule has 0 heterocycles. The number of aliphatic hydroxyl groups excluding tert-OH is 2. The van der Waals surface area contributed by atoms with Crippen LogP contribution in [0.1, 0.15) is 5.56 Å². The Morgan fingerprint density at radius 1 is 1.25 bits per heavy atom. The van der Waals surface area contributed by atoms with Gasteiger partial charge in [-0.1, -0.05) is 0 Å². The van der Waals surface area contributed by atoms with Crippen LogP contribution < -0.4 is 5.32 Å². The van der Waals surface area contributed by atoms with Gasteiger partial charge in [-0.2, -0.15) is 0 Å². The molecule has 0 aliphatic rings. The highest BCUT2D eigenvalue weighted by molar-refractivity contribution is 9.10. The minimum Gasteiger partial charge on any atom is -0.395 e. The van der Waals surface area contributed by atoms with Crippen LogP contribution in [0.3, 0.4) is 0 Å². The van der Waals surface area contributed by atoms with Gasteiger partial charge >= 0.3 is 0 Å². The highest BCUT2D eigenvalue weighted by Crippen LogP contribution is 2.21. The maximum atomic E-state index is 13.5. The molecular weight excluding hydrogens is 284 g/mol. The SMILES string of the molecule is OCC(CO)NCc1c(F)ccc(Br)c1F. The summed E-state index contributed by atoms with van der Waals surface area (Å²) in [5, 5.41) is 20.2. The van der Waals surface area contributed by atoms with Gasteiger partial charge in [-0.15, -0.1) is 0 Å². The fourth-order valence-corrected chi connectivity index (χ4v) is 1.54. The molecule has 0 aromatic heterocycles. The molecule has 90 valence electrons. The van der Waals surface area contributed by atoms with E-state index < -0.39 is 17.7 Å². The van der Waals surface area contributed by atoms with Crippen LogP contribution >= 0.6 is 15.9 Å². The summed E-state index contributed by atoms with van der Waals surface area (Å²) in [6, 6.07) is 1.85. The number of nitrogens with one attached hydrogen (secondary N) is 1. The number of aliphatic hydroxyl groups is 2. The smallest absolute Gasteiger partial charge is 0.144 e. The van der Waals surface area contributed by atoms with Gasteiger partial charge in [0.1, 0.15) is 11.6 Å². The summed E-state index contributed by atoms with van der Waals surface area (Å²) in [7, 11) is 0. The molecule has 3 N–H and O–H groups in total. The van der Waals surface area contributed by atoms with Gasteiger partial charge in [0, 0.05) is 12.1 Å². The fourth-order valence-electron chi connectivity index (χ4n) is 1.16. The van der Waals surface area contributed by atoms with E-state index in [1.54, 1.807) is 0 Å². The summed E-state index contributed by atoms with van der Waals surface area (Å²) in [4.78, 5) is 0. The molecular formula is C10H12BrF2NO2. The van der Waals surface area contributed by atoms with Crippen LogP contribution in [0.15, 0.2) is 16.6 Å². The van der Waals surface area contributed by atoms with Crippen molar-refractivity contribution in [2.75, 3.05) is 13.2 Å². The molecule has 0 atom stereocenters. The van der Waals surface area contributed by atoms with Crippen LogP contribution in [0.2, 0.25) is 0 Å². The van der Waals surface area contributed by atoms with Crippen LogP contribution in [0.25, 0.3) is 0 Å². The number of hydrogen-bond acceptors (Lipinski definition) is 3. The zero-order valence-electron chi connectivity index (χ0n) is 8.38. The molecule has 0 amide bonds. The Balaban J connectivity index is 2.77. The predicted molar refractivity (Wildman–Crippen MR) is 58.9 cm³/mol. The fraction of sp³-hybridized carbons (Fsp3) is 0.400. The van der Waals surface area contributed by atoms with Gasteiger partial charge in [0.25, 0.3) is 0 Å². The minimum absolute atomic E-state index is 0.0944. The van der Waals surface area contributed by atoms with E-state index in [4.69, 9.17) is 10.2 Å². The third-order valence-corrected chi connectivity index (χ3v) is 2.76. The Morgan fingerprint density at radius 2 is 1.88 bits per heavy atom. The van der Waals surface area contributed by atoms with E-state index in [9.17, 15) is 8.78 Å². The van der Waals surface area contributed by atoms with E-state index in [0.29, 0.717) is 0 Å². The van der Waals surface area contributed by atoms with Crippen molar-refractivity contribution in [3.63, 3.8) is 0 Å². The molecule has 1 rings (SSSR count). The molecule has 16 heavy (non-hydrogen) atoms. The number of benzene rings is 1. The quantitative estimate of drug-likeness (QED) is 0.715. The van der Waals surface area contributed by atoms with E-state index in [1.807, 2.05) is 0 Å². The zero-order valence-corrected chi connectivity index (χ0v) is 9.97. The zero-order chi connectivity index (χ0) is 12.1. The number of halogens is 3. The van der Waals surface area contributed by atoms with Gasteiger partial charge in [0.05, 0.1) is 23.7 Å². The summed E-state index contributed by atoms with van der Waals surface area (Å²) in [6.45, 7) is -0.690. The van der Waals surface area contributed by atoms with Gasteiger partial charge in [-0.05, 0) is 28.1 Å². The molecule has 0 saturated carbocycles. The third-order valence-electron chi connectivity index (χ3n) is 2.15. The lowest BCUT2D eigenvalue weighted by atomic mass is 10.2. The van der Waals surface area contributed by atoms with Crippen molar-refractivity contribution in [2.24, 2.45) is 0 Å². The number of hydrogen-bond donors (Lipinski definition) is 3. The van der Waals surface area contributed by atoms with Crippen LogP contribution in [0.4, 0.5) is 8.78 Å². The Bertz CT molecular complexity index is 359. The van der Waals surface area contributed by atoms with Crippen molar-refractivity contribution in [1.82, 2.24) is 5.32 Å². The molecule has 0 spiro atoms. The van der Waals surface area contributed by atoms with E-state index in [0.717, 1.165) is 6.07 Å². The summed E-state index contributed by atoms with van der Waals surface area (Å²) in [5.74, 6) is -1.34. The molecule has 1 aromatic carbocycles. The second-order valence-electron chi connectivity index (χ2n) is 3.26. The molecule has 3 nitrogen and oxygen atoms in total. The minimum atomic E-state index is -0.679. The van der Waals surface area contributed by atoms with Crippen LogP contribution in [-0.2, 0) is 6.54 Å². The van der Waals surface area contributed by atoms with Crippen molar-refractivity contribution >= 4 is 15.9 Å². The maximum absolute atomic E-state index is 13.5. The second-order valence-corrected chi connectivity index (χ2v) is 4.12. The second kappa shape index (κ2) is 6.24. The Labute approximate surface area is 100 Å². The molecule has 1 aromatic rings. The predicted octanol–water partition coefficient (Wildman–Crippen LogP) is 1.17. The van der Waals surface area contributed by atoms with E-state index in [-0.39, 0.29) is 29.8 Å². The first kappa shape index (κ1) is 13.5.